The summed E-state index contributed by atoms with van der Waals surface area (Å²) in [7, 11) is 0. The van der Waals surface area contributed by atoms with Gasteiger partial charge < -0.3 is 9.47 Å². The highest BCUT2D eigenvalue weighted by Gasteiger charge is 2.20. The molecule has 0 N–H and O–H groups in total. The molecule has 33 heavy (non-hydrogen) atoms. The van der Waals surface area contributed by atoms with Crippen molar-refractivity contribution in [3.8, 4) is 5.75 Å². The maximum Gasteiger partial charge on any atom is 0.130 e. The molecular formula is C28H29N3O2. The van der Waals surface area contributed by atoms with Gasteiger partial charge in [0.1, 0.15) is 12.4 Å². The summed E-state index contributed by atoms with van der Waals surface area (Å²) in [5, 5.41) is 1.20. The normalized spacial score (nSPS) is 17.0. The summed E-state index contributed by atoms with van der Waals surface area (Å²) in [6.45, 7) is 4.84. The van der Waals surface area contributed by atoms with Crippen LogP contribution in [0.5, 0.6) is 5.75 Å². The number of ether oxygens (including phenoxy) is 2. The zero-order valence-electron chi connectivity index (χ0n) is 18.8. The second-order valence-electron chi connectivity index (χ2n) is 8.63. The molecule has 0 aliphatic carbocycles. The predicted octanol–water partition coefficient (Wildman–Crippen LogP) is 4.90. The van der Waals surface area contributed by atoms with Crippen LogP contribution in [-0.2, 0) is 24.3 Å². The lowest BCUT2D eigenvalue weighted by atomic mass is 9.97. The first-order valence-corrected chi connectivity index (χ1v) is 11.6. The average Bonchev–Trinajstić information content (AvgIpc) is 3.08. The molecule has 1 saturated heterocycles. The Balaban J connectivity index is 1.23. The van der Waals surface area contributed by atoms with Gasteiger partial charge in [0.25, 0.3) is 0 Å². The minimum atomic E-state index is 0.434. The fourth-order valence-electron chi connectivity index (χ4n) is 4.50. The van der Waals surface area contributed by atoms with Crippen molar-refractivity contribution in [2.75, 3.05) is 26.3 Å². The number of pyridine rings is 2. The summed E-state index contributed by atoms with van der Waals surface area (Å²) in [4.78, 5) is 11.5. The van der Waals surface area contributed by atoms with E-state index in [9.17, 15) is 0 Å². The Morgan fingerprint density at radius 2 is 1.85 bits per heavy atom. The third kappa shape index (κ3) is 5.75. The fourth-order valence-corrected chi connectivity index (χ4v) is 4.50. The highest BCUT2D eigenvalue weighted by molar-refractivity contribution is 5.81. The van der Waals surface area contributed by atoms with Gasteiger partial charge in [-0.05, 0) is 53.8 Å². The van der Waals surface area contributed by atoms with E-state index in [0.29, 0.717) is 12.5 Å². The largest absolute Gasteiger partial charge is 0.487 e. The van der Waals surface area contributed by atoms with Gasteiger partial charge in [0, 0.05) is 37.4 Å². The summed E-state index contributed by atoms with van der Waals surface area (Å²) in [5.41, 5.74) is 4.58. The number of rotatable bonds is 7. The van der Waals surface area contributed by atoms with Crippen LogP contribution in [0.2, 0.25) is 0 Å². The first-order valence-electron chi connectivity index (χ1n) is 11.6. The second-order valence-corrected chi connectivity index (χ2v) is 8.63. The van der Waals surface area contributed by atoms with Crippen LogP contribution in [-0.4, -0.2) is 41.2 Å². The fraction of sp³-hybridized carbons (Fsp3) is 0.286. The molecule has 4 aromatic rings. The third-order valence-corrected chi connectivity index (χ3v) is 6.06. The Bertz CT molecular complexity index is 1180. The van der Waals surface area contributed by atoms with Gasteiger partial charge >= 0.3 is 0 Å². The van der Waals surface area contributed by atoms with Crippen LogP contribution in [0, 0.1) is 5.92 Å². The molecule has 168 valence electrons. The quantitative estimate of drug-likeness (QED) is 0.410. The molecule has 1 fully saturated rings. The van der Waals surface area contributed by atoms with Crippen molar-refractivity contribution in [2.24, 2.45) is 5.92 Å². The number of hydrogen-bond donors (Lipinski definition) is 0. The molecule has 2 aromatic carbocycles. The molecule has 1 aliphatic rings. The minimum Gasteiger partial charge on any atom is -0.487 e. The van der Waals surface area contributed by atoms with E-state index in [1.165, 1.54) is 16.5 Å². The van der Waals surface area contributed by atoms with E-state index in [2.05, 4.69) is 57.3 Å². The van der Waals surface area contributed by atoms with Gasteiger partial charge in [0.2, 0.25) is 0 Å². The van der Waals surface area contributed by atoms with Gasteiger partial charge in [-0.1, -0.05) is 42.5 Å². The Labute approximate surface area is 195 Å². The lowest BCUT2D eigenvalue weighted by molar-refractivity contribution is 0.122. The lowest BCUT2D eigenvalue weighted by Gasteiger charge is -2.24. The number of aromatic nitrogens is 2. The smallest absolute Gasteiger partial charge is 0.130 e. The zero-order chi connectivity index (χ0) is 22.3. The SMILES string of the molecule is c1ccc(COc2cccc(CN3CCOC[C@H](Cc4cccc5cccnc45)C3)c2)nc1. The van der Waals surface area contributed by atoms with Crippen molar-refractivity contribution in [1.29, 1.82) is 0 Å². The Morgan fingerprint density at radius 3 is 2.79 bits per heavy atom. The molecule has 5 heteroatoms. The van der Waals surface area contributed by atoms with Crippen molar-refractivity contribution in [3.05, 3.63) is 102 Å². The Hall–Kier alpha value is -3.28. The first-order chi connectivity index (χ1) is 16.3. The molecule has 0 saturated carbocycles. The molecular weight excluding hydrogens is 410 g/mol. The van der Waals surface area contributed by atoms with Crippen LogP contribution < -0.4 is 4.74 Å². The van der Waals surface area contributed by atoms with Crippen LogP contribution in [0.25, 0.3) is 10.9 Å². The van der Waals surface area contributed by atoms with Crippen LogP contribution in [0.4, 0.5) is 0 Å². The standard InChI is InChI=1S/C28H29N3O2/c1-2-12-29-26(10-1)21-33-27-11-3-6-22(17-27)18-31-14-15-32-20-23(19-31)16-25-8-4-7-24-9-5-13-30-28(24)25/h1-13,17,23H,14-16,18-21H2/t23-/m1/s1. The minimum absolute atomic E-state index is 0.434. The predicted molar refractivity (Wildman–Crippen MR) is 130 cm³/mol. The van der Waals surface area contributed by atoms with Crippen molar-refractivity contribution < 1.29 is 9.47 Å². The number of fused-ring (bicyclic) bond motifs is 1. The van der Waals surface area contributed by atoms with Crippen molar-refractivity contribution in [2.45, 2.75) is 19.6 Å². The molecule has 0 amide bonds. The van der Waals surface area contributed by atoms with Crippen LogP contribution in [0.1, 0.15) is 16.8 Å². The van der Waals surface area contributed by atoms with Crippen LogP contribution in [0.15, 0.2) is 85.2 Å². The van der Waals surface area contributed by atoms with Gasteiger partial charge in [-0.15, -0.1) is 0 Å². The van der Waals surface area contributed by atoms with Gasteiger partial charge in [0.15, 0.2) is 0 Å². The van der Waals surface area contributed by atoms with E-state index < -0.39 is 0 Å². The monoisotopic (exact) mass is 439 g/mol. The van der Waals surface area contributed by atoms with Crippen molar-refractivity contribution in [3.63, 3.8) is 0 Å². The van der Waals surface area contributed by atoms with E-state index in [4.69, 9.17) is 9.47 Å². The summed E-state index contributed by atoms with van der Waals surface area (Å²) in [6, 6.07) is 24.8. The molecule has 2 aromatic heterocycles. The lowest BCUT2D eigenvalue weighted by Crippen LogP contribution is -2.30. The number of para-hydroxylation sites is 1. The highest BCUT2D eigenvalue weighted by Crippen LogP contribution is 2.22. The molecule has 5 rings (SSSR count). The van der Waals surface area contributed by atoms with E-state index >= 15 is 0 Å². The molecule has 1 aliphatic heterocycles. The molecule has 0 spiro atoms. The Morgan fingerprint density at radius 1 is 0.939 bits per heavy atom. The summed E-state index contributed by atoms with van der Waals surface area (Å²) in [6.07, 6.45) is 4.64. The van der Waals surface area contributed by atoms with Gasteiger partial charge in [-0.3, -0.25) is 14.9 Å². The average molecular weight is 440 g/mol. The number of hydrogen-bond acceptors (Lipinski definition) is 5. The second kappa shape index (κ2) is 10.6. The highest BCUT2D eigenvalue weighted by atomic mass is 16.5. The van der Waals surface area contributed by atoms with E-state index in [-0.39, 0.29) is 0 Å². The summed E-state index contributed by atoms with van der Waals surface area (Å²) in [5.74, 6) is 1.31. The molecule has 0 bridgehead atoms. The maximum absolute atomic E-state index is 5.98. The third-order valence-electron chi connectivity index (χ3n) is 6.06. The summed E-state index contributed by atoms with van der Waals surface area (Å²) >= 11 is 0. The van der Waals surface area contributed by atoms with Gasteiger partial charge in [-0.2, -0.15) is 0 Å². The topological polar surface area (TPSA) is 47.5 Å². The number of benzene rings is 2. The summed E-state index contributed by atoms with van der Waals surface area (Å²) < 4.78 is 12.0. The Kier molecular flexibility index (Phi) is 6.90. The van der Waals surface area contributed by atoms with Gasteiger partial charge in [0.05, 0.1) is 24.4 Å². The molecule has 3 heterocycles. The number of nitrogens with zero attached hydrogens (tertiary/aromatic N) is 3. The first kappa shape index (κ1) is 21.6. The van der Waals surface area contributed by atoms with E-state index in [1.54, 1.807) is 6.20 Å². The maximum atomic E-state index is 5.98. The van der Waals surface area contributed by atoms with Crippen molar-refractivity contribution >= 4 is 10.9 Å². The van der Waals surface area contributed by atoms with Crippen molar-refractivity contribution in [1.82, 2.24) is 14.9 Å². The van der Waals surface area contributed by atoms with E-state index in [1.807, 2.05) is 36.5 Å². The zero-order valence-corrected chi connectivity index (χ0v) is 18.8. The molecule has 5 nitrogen and oxygen atoms in total. The molecule has 1 atom stereocenters. The van der Waals surface area contributed by atoms with Gasteiger partial charge in [-0.25, -0.2) is 0 Å². The van der Waals surface area contributed by atoms with E-state index in [0.717, 1.165) is 56.2 Å². The van der Waals surface area contributed by atoms with Crippen LogP contribution >= 0.6 is 0 Å². The molecule has 0 unspecified atom stereocenters. The van der Waals surface area contributed by atoms with Crippen LogP contribution in [0.3, 0.4) is 0 Å². The molecule has 0 radical (unpaired) electrons.